The van der Waals surface area contributed by atoms with Gasteiger partial charge in [0.2, 0.25) is 0 Å². The molecule has 1 saturated carbocycles. The van der Waals surface area contributed by atoms with Crippen LogP contribution < -0.4 is 10.4 Å². The number of hydrogen-bond acceptors (Lipinski definition) is 2. The molecule has 4 rings (SSSR count). The van der Waals surface area contributed by atoms with Crippen molar-refractivity contribution in [2.45, 2.75) is 76.7 Å². The number of rotatable bonds is 4. The summed E-state index contributed by atoms with van der Waals surface area (Å²) in [6, 6.07) is 9.57. The van der Waals surface area contributed by atoms with Crippen LogP contribution in [0.15, 0.2) is 24.3 Å². The monoisotopic (exact) mass is 372 g/mol. The average Bonchev–Trinajstić information content (AvgIpc) is 2.96. The van der Waals surface area contributed by atoms with Gasteiger partial charge >= 0.3 is 0 Å². The second-order valence-electron chi connectivity index (χ2n) is 9.16. The third-order valence-corrected chi connectivity index (χ3v) is 7.45. The van der Waals surface area contributed by atoms with Gasteiger partial charge in [0.05, 0.1) is 5.41 Å². The second kappa shape index (κ2) is 7.92. The number of benzene rings is 1. The van der Waals surface area contributed by atoms with Crippen LogP contribution >= 0.6 is 0 Å². The van der Waals surface area contributed by atoms with E-state index in [4.69, 9.17) is 0 Å². The SMILES string of the molecule is CCCC1CCC(N2CCC3(CC2)C[NH+](NC(C)=O)c2ccccc23)CC1.[HH]. The van der Waals surface area contributed by atoms with Gasteiger partial charge in [-0.3, -0.25) is 4.79 Å². The highest BCUT2D eigenvalue weighted by Crippen LogP contribution is 2.42. The summed E-state index contributed by atoms with van der Waals surface area (Å²) in [5, 5.41) is 1.15. The number of para-hydroxylation sites is 1. The van der Waals surface area contributed by atoms with Crippen molar-refractivity contribution in [2.75, 3.05) is 19.6 Å². The highest BCUT2D eigenvalue weighted by molar-refractivity contribution is 5.71. The molecule has 1 saturated heterocycles. The molecule has 0 bridgehead atoms. The van der Waals surface area contributed by atoms with Gasteiger partial charge in [0.25, 0.3) is 5.91 Å². The predicted octanol–water partition coefficient (Wildman–Crippen LogP) is 3.21. The minimum absolute atomic E-state index is 0. The van der Waals surface area contributed by atoms with Gasteiger partial charge in [0, 0.05) is 26.0 Å². The second-order valence-corrected chi connectivity index (χ2v) is 9.16. The molecule has 0 aromatic heterocycles. The molecule has 2 aliphatic heterocycles. The van der Waals surface area contributed by atoms with Gasteiger partial charge in [-0.2, -0.15) is 10.4 Å². The van der Waals surface area contributed by atoms with Gasteiger partial charge < -0.3 is 4.90 Å². The summed E-state index contributed by atoms with van der Waals surface area (Å²) in [6.45, 7) is 7.37. The van der Waals surface area contributed by atoms with E-state index in [-0.39, 0.29) is 12.7 Å². The molecule has 0 radical (unpaired) electrons. The molecule has 2 heterocycles. The average molecular weight is 373 g/mol. The Morgan fingerprint density at radius 2 is 1.93 bits per heavy atom. The standard InChI is InChI=1S/C23H35N3O.H2/c1-3-6-19-9-11-20(12-10-19)25-15-13-23(14-16-25)17-26(24-18(2)27)22-8-5-4-7-21(22)23;/h4-5,7-8,19-20H,3,6,9-17H2,1-2H3,(H,24,27);1H/p+1. The summed E-state index contributed by atoms with van der Waals surface area (Å²) in [5.41, 5.74) is 6.12. The van der Waals surface area contributed by atoms with Gasteiger partial charge in [-0.1, -0.05) is 38.0 Å². The molecule has 1 atom stereocenters. The Kier molecular flexibility index (Phi) is 5.56. The molecule has 1 amide bonds. The lowest BCUT2D eigenvalue weighted by atomic mass is 9.73. The Labute approximate surface area is 165 Å². The fraction of sp³-hybridized carbons (Fsp3) is 0.696. The maximum absolute atomic E-state index is 11.7. The molecule has 4 nitrogen and oxygen atoms in total. The lowest BCUT2D eigenvalue weighted by Crippen LogP contribution is -3.14. The van der Waals surface area contributed by atoms with E-state index in [0.29, 0.717) is 0 Å². The summed E-state index contributed by atoms with van der Waals surface area (Å²) in [4.78, 5) is 14.5. The van der Waals surface area contributed by atoms with Gasteiger partial charge in [-0.25, -0.2) is 0 Å². The molecule has 1 aromatic carbocycles. The fourth-order valence-electron chi connectivity index (χ4n) is 6.03. The zero-order valence-corrected chi connectivity index (χ0v) is 17.1. The van der Waals surface area contributed by atoms with Gasteiger partial charge in [0.15, 0.2) is 5.69 Å². The van der Waals surface area contributed by atoms with Crippen LogP contribution in [-0.2, 0) is 10.2 Å². The van der Waals surface area contributed by atoms with Crippen LogP contribution in [0, 0.1) is 5.92 Å². The third-order valence-electron chi connectivity index (χ3n) is 7.45. The Morgan fingerprint density at radius 3 is 2.59 bits per heavy atom. The van der Waals surface area contributed by atoms with Crippen LogP contribution in [-0.4, -0.2) is 36.5 Å². The largest absolute Gasteiger partial charge is 0.300 e. The number of quaternary nitrogens is 1. The first-order valence-electron chi connectivity index (χ1n) is 11.1. The van der Waals surface area contributed by atoms with Crippen molar-refractivity contribution < 1.29 is 11.2 Å². The number of nitrogens with one attached hydrogen (secondary N) is 2. The van der Waals surface area contributed by atoms with Crippen LogP contribution in [0.4, 0.5) is 5.69 Å². The Morgan fingerprint density at radius 1 is 1.22 bits per heavy atom. The smallest absolute Gasteiger partial charge is 0.262 e. The van der Waals surface area contributed by atoms with E-state index in [0.717, 1.165) is 23.5 Å². The van der Waals surface area contributed by atoms with Crippen molar-refractivity contribution in [1.29, 1.82) is 0 Å². The highest BCUT2D eigenvalue weighted by atomic mass is 16.2. The van der Waals surface area contributed by atoms with Crippen LogP contribution in [0.3, 0.4) is 0 Å². The van der Waals surface area contributed by atoms with Crippen molar-refractivity contribution in [1.82, 2.24) is 10.3 Å². The molecule has 2 fully saturated rings. The summed E-state index contributed by atoms with van der Waals surface area (Å²) >= 11 is 0. The van der Waals surface area contributed by atoms with Crippen molar-refractivity contribution in [3.63, 3.8) is 0 Å². The van der Waals surface area contributed by atoms with Crippen LogP contribution in [0.2, 0.25) is 0 Å². The molecular formula is C23H38N3O+. The summed E-state index contributed by atoms with van der Waals surface area (Å²) < 4.78 is 0. The van der Waals surface area contributed by atoms with Gasteiger partial charge in [-0.15, -0.1) is 0 Å². The number of hydrogen-bond donors (Lipinski definition) is 2. The molecule has 1 unspecified atom stereocenters. The number of carbonyl (C=O) groups excluding carboxylic acids is 1. The van der Waals surface area contributed by atoms with Crippen molar-refractivity contribution >= 4 is 11.6 Å². The normalized spacial score (nSPS) is 30.2. The molecule has 4 heteroatoms. The molecule has 3 aliphatic rings. The number of fused-ring (bicyclic) bond motifs is 2. The number of nitrogens with zero attached hydrogens (tertiary/aromatic N) is 1. The molecule has 27 heavy (non-hydrogen) atoms. The molecule has 150 valence electrons. The number of piperidine rings is 1. The first-order valence-corrected chi connectivity index (χ1v) is 11.1. The summed E-state index contributed by atoms with van der Waals surface area (Å²) in [7, 11) is 0. The van der Waals surface area contributed by atoms with Crippen LogP contribution in [0.5, 0.6) is 0 Å². The Hall–Kier alpha value is -1.39. The topological polar surface area (TPSA) is 36.8 Å². The zero-order valence-electron chi connectivity index (χ0n) is 17.1. The maximum Gasteiger partial charge on any atom is 0.262 e. The minimum Gasteiger partial charge on any atom is -0.300 e. The molecule has 2 N–H and O–H groups in total. The minimum atomic E-state index is 0. The van der Waals surface area contributed by atoms with E-state index in [1.165, 1.54) is 75.7 Å². The van der Waals surface area contributed by atoms with Crippen molar-refractivity contribution in [3.8, 4) is 0 Å². The highest BCUT2D eigenvalue weighted by Gasteiger charge is 2.49. The molecule has 1 aromatic rings. The Bertz CT molecular complexity index is 664. The summed E-state index contributed by atoms with van der Waals surface area (Å²) in [6.07, 6.45) is 10.9. The van der Waals surface area contributed by atoms with Crippen LogP contribution in [0.25, 0.3) is 0 Å². The quantitative estimate of drug-likeness (QED) is 0.852. The first kappa shape index (κ1) is 18.9. The Balaban J connectivity index is 0.00000225. The summed E-state index contributed by atoms with van der Waals surface area (Å²) in [5.74, 6) is 1.04. The number of carbonyl (C=O) groups is 1. The van der Waals surface area contributed by atoms with E-state index in [2.05, 4.69) is 41.5 Å². The van der Waals surface area contributed by atoms with Gasteiger partial charge in [-0.05, 0) is 57.5 Å². The fourth-order valence-corrected chi connectivity index (χ4v) is 6.03. The molecule has 1 spiro atoms. The zero-order chi connectivity index (χ0) is 18.9. The predicted molar refractivity (Wildman–Crippen MR) is 111 cm³/mol. The molecule has 1 aliphatic carbocycles. The van der Waals surface area contributed by atoms with E-state index < -0.39 is 0 Å². The lowest BCUT2D eigenvalue weighted by Gasteiger charge is -2.44. The van der Waals surface area contributed by atoms with Crippen molar-refractivity contribution in [2.24, 2.45) is 5.92 Å². The number of likely N-dealkylation sites (tertiary alicyclic amines) is 1. The number of amides is 1. The third kappa shape index (κ3) is 3.79. The van der Waals surface area contributed by atoms with E-state index >= 15 is 0 Å². The van der Waals surface area contributed by atoms with Crippen LogP contribution in [0.1, 0.15) is 72.2 Å². The van der Waals surface area contributed by atoms with Crippen molar-refractivity contribution in [3.05, 3.63) is 29.8 Å². The maximum atomic E-state index is 11.7. The van der Waals surface area contributed by atoms with E-state index in [9.17, 15) is 4.79 Å². The van der Waals surface area contributed by atoms with E-state index in [1.807, 2.05) is 0 Å². The molecular weight excluding hydrogens is 334 g/mol. The lowest BCUT2D eigenvalue weighted by molar-refractivity contribution is -0.868. The first-order chi connectivity index (χ1) is 13.1. The van der Waals surface area contributed by atoms with Gasteiger partial charge in [0.1, 0.15) is 6.54 Å². The van der Waals surface area contributed by atoms with E-state index in [1.54, 1.807) is 6.92 Å².